The van der Waals surface area contributed by atoms with Crippen LogP contribution in [0.2, 0.25) is 0 Å². The second kappa shape index (κ2) is 6.92. The van der Waals surface area contributed by atoms with Crippen LogP contribution in [0.3, 0.4) is 0 Å². The first-order valence-electron chi connectivity index (χ1n) is 5.50. The predicted octanol–water partition coefficient (Wildman–Crippen LogP) is 4.90. The van der Waals surface area contributed by atoms with Crippen LogP contribution in [-0.2, 0) is 0 Å². The first-order valence-corrected chi connectivity index (χ1v) is 8.30. The molecular formula is C10H17F7P+. The highest BCUT2D eigenvalue weighted by atomic mass is 31.2. The van der Waals surface area contributed by atoms with Crippen molar-refractivity contribution < 1.29 is 30.7 Å². The molecule has 0 heterocycles. The molecular weight excluding hydrogens is 284 g/mol. The van der Waals surface area contributed by atoms with Crippen LogP contribution in [0.25, 0.3) is 0 Å². The summed E-state index contributed by atoms with van der Waals surface area (Å²) in [7, 11) is -2.36. The van der Waals surface area contributed by atoms with Crippen LogP contribution < -0.4 is 0 Å². The van der Waals surface area contributed by atoms with Gasteiger partial charge in [-0.15, -0.1) is 0 Å². The van der Waals surface area contributed by atoms with E-state index < -0.39 is 39.1 Å². The maximum Gasteiger partial charge on any atom is 0.392 e. The number of halogens is 7. The highest BCUT2D eigenvalue weighted by Crippen LogP contribution is 2.58. The second-order valence-corrected chi connectivity index (χ2v) is 9.14. The molecule has 0 aromatic rings. The third-order valence-electron chi connectivity index (χ3n) is 2.70. The summed E-state index contributed by atoms with van der Waals surface area (Å²) in [6.45, 7) is 0.772. The zero-order chi connectivity index (χ0) is 14.4. The molecule has 0 atom stereocenters. The Morgan fingerprint density at radius 1 is 0.778 bits per heavy atom. The van der Waals surface area contributed by atoms with E-state index in [9.17, 15) is 30.7 Å². The summed E-state index contributed by atoms with van der Waals surface area (Å²) in [4.78, 5) is 0. The number of hydrogen-bond donors (Lipinski definition) is 0. The van der Waals surface area contributed by atoms with E-state index in [4.69, 9.17) is 0 Å². The normalized spacial score (nSPS) is 14.0. The molecule has 0 nitrogen and oxygen atoms in total. The molecule has 0 unspecified atom stereocenters. The quantitative estimate of drug-likeness (QED) is 0.463. The van der Waals surface area contributed by atoms with E-state index in [-0.39, 0.29) is 24.9 Å². The Labute approximate surface area is 102 Å². The minimum Gasteiger partial charge on any atom is -0.251 e. The summed E-state index contributed by atoms with van der Waals surface area (Å²) < 4.78 is 84.7. The Bertz CT molecular complexity index is 215. The molecule has 0 aliphatic carbocycles. The van der Waals surface area contributed by atoms with Crippen LogP contribution >= 0.6 is 7.26 Å². The molecule has 18 heavy (non-hydrogen) atoms. The standard InChI is InChI=1S/C10H17F7P/c1-18(6-2-5-11,7-3-9(12,13)14)8-4-10(15,16)17/h2-8H2,1H3/q+1. The highest BCUT2D eigenvalue weighted by Gasteiger charge is 2.40. The van der Waals surface area contributed by atoms with E-state index in [1.165, 1.54) is 6.66 Å². The van der Waals surface area contributed by atoms with Gasteiger partial charge in [-0.3, -0.25) is 4.39 Å². The van der Waals surface area contributed by atoms with E-state index in [1.54, 1.807) is 0 Å². The molecule has 0 aromatic carbocycles. The third kappa shape index (κ3) is 9.92. The van der Waals surface area contributed by atoms with Crippen LogP contribution in [-0.4, -0.2) is 44.2 Å². The Morgan fingerprint density at radius 3 is 1.44 bits per heavy atom. The summed E-state index contributed by atoms with van der Waals surface area (Å²) in [5.41, 5.74) is 0. The first kappa shape index (κ1) is 17.9. The van der Waals surface area contributed by atoms with Gasteiger partial charge in [0, 0.05) is 20.3 Å². The maximum atomic E-state index is 12.1. The van der Waals surface area contributed by atoms with Crippen molar-refractivity contribution in [3.05, 3.63) is 0 Å². The van der Waals surface area contributed by atoms with Crippen molar-refractivity contribution >= 4 is 7.26 Å². The van der Waals surface area contributed by atoms with Gasteiger partial charge in [0.15, 0.2) is 0 Å². The van der Waals surface area contributed by atoms with Crippen molar-refractivity contribution in [3.8, 4) is 0 Å². The number of alkyl halides is 7. The molecule has 0 fully saturated rings. The molecule has 0 spiro atoms. The Balaban J connectivity index is 4.42. The van der Waals surface area contributed by atoms with Gasteiger partial charge in [-0.1, -0.05) is 0 Å². The Kier molecular flexibility index (Phi) is 6.90. The predicted molar refractivity (Wildman–Crippen MR) is 59.4 cm³/mol. The summed E-state index contributed by atoms with van der Waals surface area (Å²) >= 11 is 0. The van der Waals surface area contributed by atoms with Crippen molar-refractivity contribution in [2.24, 2.45) is 0 Å². The third-order valence-corrected chi connectivity index (χ3v) is 6.70. The van der Waals surface area contributed by atoms with E-state index in [1.807, 2.05) is 0 Å². The average Bonchev–Trinajstić information content (AvgIpc) is 2.19. The van der Waals surface area contributed by atoms with Crippen molar-refractivity contribution in [2.45, 2.75) is 31.6 Å². The smallest absolute Gasteiger partial charge is 0.251 e. The van der Waals surface area contributed by atoms with Crippen molar-refractivity contribution in [3.63, 3.8) is 0 Å². The summed E-state index contributed by atoms with van der Waals surface area (Å²) in [6, 6.07) is 0. The minimum absolute atomic E-state index is 0.0417. The Hall–Kier alpha value is -0.0600. The highest BCUT2D eigenvalue weighted by molar-refractivity contribution is 7.75. The van der Waals surface area contributed by atoms with Crippen LogP contribution in [0, 0.1) is 0 Å². The lowest BCUT2D eigenvalue weighted by atomic mass is 10.5. The SMILES string of the molecule is C[P+](CCCF)(CCC(F)(F)F)CCC(F)(F)F. The first-order chi connectivity index (χ1) is 7.97. The van der Waals surface area contributed by atoms with Gasteiger partial charge in [0.25, 0.3) is 0 Å². The van der Waals surface area contributed by atoms with E-state index in [2.05, 4.69) is 0 Å². The number of hydrogen-bond acceptors (Lipinski definition) is 0. The lowest BCUT2D eigenvalue weighted by Gasteiger charge is -2.24. The van der Waals surface area contributed by atoms with Gasteiger partial charge in [0.05, 0.1) is 38.0 Å². The van der Waals surface area contributed by atoms with Crippen molar-refractivity contribution in [1.29, 1.82) is 0 Å². The molecule has 0 saturated heterocycles. The Morgan fingerprint density at radius 2 is 1.17 bits per heavy atom. The van der Waals surface area contributed by atoms with Crippen LogP contribution in [0.1, 0.15) is 19.3 Å². The fourth-order valence-corrected chi connectivity index (χ4v) is 4.71. The second-order valence-electron chi connectivity index (χ2n) is 4.56. The molecule has 0 aliphatic rings. The molecule has 0 bridgehead atoms. The maximum absolute atomic E-state index is 12.1. The summed E-state index contributed by atoms with van der Waals surface area (Å²) in [6.07, 6.45) is -11.3. The lowest BCUT2D eigenvalue weighted by Crippen LogP contribution is -2.19. The summed E-state index contributed by atoms with van der Waals surface area (Å²) in [5, 5.41) is 0. The van der Waals surface area contributed by atoms with E-state index >= 15 is 0 Å². The molecule has 0 aromatic heterocycles. The molecule has 0 saturated carbocycles. The molecule has 0 amide bonds. The topological polar surface area (TPSA) is 0 Å². The van der Waals surface area contributed by atoms with Gasteiger partial charge in [-0.05, 0) is 0 Å². The molecule has 0 N–H and O–H groups in total. The van der Waals surface area contributed by atoms with Crippen LogP contribution in [0.5, 0.6) is 0 Å². The van der Waals surface area contributed by atoms with Gasteiger partial charge in [0.1, 0.15) is 0 Å². The molecule has 0 radical (unpaired) electrons. The van der Waals surface area contributed by atoms with Crippen molar-refractivity contribution in [1.82, 2.24) is 0 Å². The molecule has 110 valence electrons. The van der Waals surface area contributed by atoms with Gasteiger partial charge >= 0.3 is 12.4 Å². The summed E-state index contributed by atoms with van der Waals surface area (Å²) in [5.74, 6) is 0. The minimum atomic E-state index is -4.37. The molecule has 0 rings (SSSR count). The number of rotatable bonds is 7. The van der Waals surface area contributed by atoms with Gasteiger partial charge in [0.2, 0.25) is 0 Å². The zero-order valence-corrected chi connectivity index (χ0v) is 10.9. The van der Waals surface area contributed by atoms with E-state index in [0.717, 1.165) is 0 Å². The monoisotopic (exact) mass is 301 g/mol. The van der Waals surface area contributed by atoms with E-state index in [0.29, 0.717) is 0 Å². The van der Waals surface area contributed by atoms with Gasteiger partial charge in [-0.25, -0.2) is 0 Å². The van der Waals surface area contributed by atoms with Crippen LogP contribution in [0.15, 0.2) is 0 Å². The zero-order valence-electron chi connectivity index (χ0n) is 10.0. The fraction of sp³-hybridized carbons (Fsp3) is 1.00. The average molecular weight is 301 g/mol. The lowest BCUT2D eigenvalue weighted by molar-refractivity contribution is -0.130. The van der Waals surface area contributed by atoms with Crippen LogP contribution in [0.4, 0.5) is 30.7 Å². The fourth-order valence-electron chi connectivity index (χ4n) is 1.57. The van der Waals surface area contributed by atoms with Gasteiger partial charge in [-0.2, -0.15) is 26.3 Å². The largest absolute Gasteiger partial charge is 0.392 e. The van der Waals surface area contributed by atoms with Gasteiger partial charge < -0.3 is 0 Å². The molecule has 8 heteroatoms. The molecule has 0 aliphatic heterocycles. The van der Waals surface area contributed by atoms with Crippen molar-refractivity contribution in [2.75, 3.05) is 31.8 Å².